The molecule has 1 aromatic rings. The maximum Gasteiger partial charge on any atom is 0.267 e. The fourth-order valence-corrected chi connectivity index (χ4v) is 3.01. The maximum absolute atomic E-state index is 12.3. The Morgan fingerprint density at radius 3 is 2.86 bits per heavy atom. The summed E-state index contributed by atoms with van der Waals surface area (Å²) in [5, 5.41) is 15.7. The number of hydrogen-bond acceptors (Lipinski definition) is 3. The molecule has 1 amide bonds. The molecule has 1 aliphatic rings. The average molecular weight is 293 g/mol. The second-order valence-electron chi connectivity index (χ2n) is 6.18. The van der Waals surface area contributed by atoms with Crippen LogP contribution >= 0.6 is 0 Å². The van der Waals surface area contributed by atoms with Gasteiger partial charge in [-0.1, -0.05) is 6.92 Å². The van der Waals surface area contributed by atoms with Crippen molar-refractivity contribution in [1.29, 1.82) is 0 Å². The Morgan fingerprint density at radius 1 is 1.48 bits per heavy atom. The van der Waals surface area contributed by atoms with Crippen LogP contribution in [-0.2, 0) is 0 Å². The fourth-order valence-electron chi connectivity index (χ4n) is 3.01. The van der Waals surface area contributed by atoms with Crippen molar-refractivity contribution in [2.24, 2.45) is 5.92 Å². The summed E-state index contributed by atoms with van der Waals surface area (Å²) >= 11 is 0. The highest BCUT2D eigenvalue weighted by molar-refractivity contribution is 5.92. The number of piperidine rings is 1. The van der Waals surface area contributed by atoms with Crippen LogP contribution in [0.5, 0.6) is 0 Å². The number of nitrogens with one attached hydrogen (secondary N) is 2. The molecule has 0 spiro atoms. The molecule has 1 aliphatic heterocycles. The number of aliphatic hydroxyl groups is 1. The Bertz CT molecular complexity index is 450. The molecule has 118 valence electrons. The summed E-state index contributed by atoms with van der Waals surface area (Å²) < 4.78 is 2.11. The molecular weight excluding hydrogens is 266 g/mol. The van der Waals surface area contributed by atoms with Gasteiger partial charge in [0.15, 0.2) is 0 Å². The van der Waals surface area contributed by atoms with E-state index in [1.54, 1.807) is 6.92 Å². The third-order valence-electron chi connectivity index (χ3n) is 4.07. The van der Waals surface area contributed by atoms with Crippen LogP contribution in [0.3, 0.4) is 0 Å². The quantitative estimate of drug-likeness (QED) is 0.745. The predicted octanol–water partition coefficient (Wildman–Crippen LogP) is 1.55. The zero-order chi connectivity index (χ0) is 15.2. The number of aliphatic hydroxyl groups excluding tert-OH is 1. The van der Waals surface area contributed by atoms with Crippen LogP contribution in [-0.4, -0.2) is 41.3 Å². The first kappa shape index (κ1) is 16.0. The first-order chi connectivity index (χ1) is 10.1. The minimum Gasteiger partial charge on any atom is -0.393 e. The summed E-state index contributed by atoms with van der Waals surface area (Å²) in [5.41, 5.74) is 0.742. The van der Waals surface area contributed by atoms with Crippen molar-refractivity contribution in [3.8, 4) is 0 Å². The van der Waals surface area contributed by atoms with Crippen LogP contribution < -0.4 is 10.6 Å². The molecule has 5 heteroatoms. The summed E-state index contributed by atoms with van der Waals surface area (Å²) in [4.78, 5) is 12.3. The number of amides is 1. The van der Waals surface area contributed by atoms with Gasteiger partial charge in [0.2, 0.25) is 0 Å². The van der Waals surface area contributed by atoms with E-state index in [9.17, 15) is 9.90 Å². The lowest BCUT2D eigenvalue weighted by atomic mass is 10.0. The van der Waals surface area contributed by atoms with Crippen molar-refractivity contribution >= 4 is 5.91 Å². The van der Waals surface area contributed by atoms with Gasteiger partial charge in [-0.05, 0) is 57.3 Å². The predicted molar refractivity (Wildman–Crippen MR) is 83.4 cm³/mol. The molecule has 2 unspecified atom stereocenters. The molecule has 3 N–H and O–H groups in total. The van der Waals surface area contributed by atoms with E-state index in [1.165, 1.54) is 0 Å². The Hall–Kier alpha value is -1.33. The summed E-state index contributed by atoms with van der Waals surface area (Å²) in [7, 11) is 0. The van der Waals surface area contributed by atoms with Gasteiger partial charge in [0.05, 0.1) is 6.10 Å². The molecule has 1 saturated heterocycles. The van der Waals surface area contributed by atoms with Gasteiger partial charge in [-0.25, -0.2) is 0 Å². The highest BCUT2D eigenvalue weighted by Gasteiger charge is 2.20. The van der Waals surface area contributed by atoms with E-state index in [1.807, 2.05) is 25.3 Å². The van der Waals surface area contributed by atoms with E-state index in [-0.39, 0.29) is 17.9 Å². The summed E-state index contributed by atoms with van der Waals surface area (Å²) in [5.74, 6) is 0.257. The van der Waals surface area contributed by atoms with Crippen LogP contribution in [0, 0.1) is 5.92 Å². The molecule has 0 aromatic carbocycles. The summed E-state index contributed by atoms with van der Waals surface area (Å²) in [6.45, 7) is 6.44. The van der Waals surface area contributed by atoms with Crippen molar-refractivity contribution < 1.29 is 9.90 Å². The molecule has 0 saturated carbocycles. The molecule has 2 atom stereocenters. The molecule has 5 nitrogen and oxygen atoms in total. The lowest BCUT2D eigenvalue weighted by Crippen LogP contribution is -2.34. The molecule has 21 heavy (non-hydrogen) atoms. The zero-order valence-electron chi connectivity index (χ0n) is 13.0. The maximum atomic E-state index is 12.3. The van der Waals surface area contributed by atoms with E-state index in [4.69, 9.17) is 0 Å². The molecule has 0 aliphatic carbocycles. The smallest absolute Gasteiger partial charge is 0.267 e. The number of carbonyl (C=O) groups is 1. The Balaban J connectivity index is 1.92. The van der Waals surface area contributed by atoms with Crippen molar-refractivity contribution in [3.63, 3.8) is 0 Å². The lowest BCUT2D eigenvalue weighted by molar-refractivity contribution is 0.0926. The summed E-state index contributed by atoms with van der Waals surface area (Å²) in [6, 6.07) is 4.24. The summed E-state index contributed by atoms with van der Waals surface area (Å²) in [6.07, 6.45) is 4.51. The third-order valence-corrected chi connectivity index (χ3v) is 4.07. The molecule has 2 rings (SSSR count). The van der Waals surface area contributed by atoms with Crippen molar-refractivity contribution in [2.75, 3.05) is 19.6 Å². The first-order valence-electron chi connectivity index (χ1n) is 7.91. The van der Waals surface area contributed by atoms with Gasteiger partial charge in [-0.2, -0.15) is 0 Å². The van der Waals surface area contributed by atoms with E-state index < -0.39 is 0 Å². The fraction of sp³-hybridized carbons (Fsp3) is 0.688. The average Bonchev–Trinajstić information content (AvgIpc) is 2.94. The number of aromatic nitrogens is 1. The van der Waals surface area contributed by atoms with Gasteiger partial charge in [0.1, 0.15) is 5.69 Å². The zero-order valence-corrected chi connectivity index (χ0v) is 13.0. The Labute approximate surface area is 126 Å². The number of carbonyl (C=O) groups excluding carboxylic acids is 1. The molecule has 0 radical (unpaired) electrons. The lowest BCUT2D eigenvalue weighted by Gasteiger charge is -2.26. The second-order valence-corrected chi connectivity index (χ2v) is 6.18. The van der Waals surface area contributed by atoms with Gasteiger partial charge in [0.25, 0.3) is 5.91 Å². The van der Waals surface area contributed by atoms with Crippen LogP contribution in [0.15, 0.2) is 18.3 Å². The van der Waals surface area contributed by atoms with Crippen molar-refractivity contribution in [2.45, 2.75) is 45.3 Å². The standard InChI is InChI=1S/C16H27N3O2/c1-12(10-13(2)20)11-18-16(21)15-4-3-9-19(15)14-5-7-17-8-6-14/h3-4,9,12-14,17,20H,5-8,10-11H2,1-2H3,(H,18,21). The Morgan fingerprint density at radius 2 is 2.19 bits per heavy atom. The van der Waals surface area contributed by atoms with E-state index in [0.29, 0.717) is 19.0 Å². The largest absolute Gasteiger partial charge is 0.393 e. The minimum absolute atomic E-state index is 0.0176. The van der Waals surface area contributed by atoms with E-state index in [0.717, 1.165) is 31.6 Å². The van der Waals surface area contributed by atoms with Gasteiger partial charge in [-0.3, -0.25) is 4.79 Å². The first-order valence-corrected chi connectivity index (χ1v) is 7.91. The topological polar surface area (TPSA) is 66.3 Å². The van der Waals surface area contributed by atoms with Crippen LogP contribution in [0.4, 0.5) is 0 Å². The number of rotatable bonds is 6. The molecule has 1 aromatic heterocycles. The van der Waals surface area contributed by atoms with Crippen LogP contribution in [0.1, 0.15) is 49.6 Å². The van der Waals surface area contributed by atoms with Gasteiger partial charge in [0, 0.05) is 18.8 Å². The van der Waals surface area contributed by atoms with Gasteiger partial charge >= 0.3 is 0 Å². The SMILES string of the molecule is CC(O)CC(C)CNC(=O)c1cccn1C1CCNCC1. The van der Waals surface area contributed by atoms with Gasteiger partial charge in [-0.15, -0.1) is 0 Å². The molecular formula is C16H27N3O2. The van der Waals surface area contributed by atoms with Crippen LogP contribution in [0.25, 0.3) is 0 Å². The molecule has 1 fully saturated rings. The van der Waals surface area contributed by atoms with Gasteiger partial charge < -0.3 is 20.3 Å². The van der Waals surface area contributed by atoms with E-state index >= 15 is 0 Å². The van der Waals surface area contributed by atoms with Crippen molar-refractivity contribution in [3.05, 3.63) is 24.0 Å². The normalized spacial score (nSPS) is 19.2. The van der Waals surface area contributed by atoms with E-state index in [2.05, 4.69) is 15.2 Å². The minimum atomic E-state index is -0.324. The number of nitrogens with zero attached hydrogens (tertiary/aromatic N) is 1. The molecule has 0 bridgehead atoms. The van der Waals surface area contributed by atoms with Crippen molar-refractivity contribution in [1.82, 2.24) is 15.2 Å². The molecule has 2 heterocycles. The highest BCUT2D eigenvalue weighted by atomic mass is 16.3. The second kappa shape index (κ2) is 7.61. The monoisotopic (exact) mass is 293 g/mol. The third kappa shape index (κ3) is 4.58. The highest BCUT2D eigenvalue weighted by Crippen LogP contribution is 2.21. The number of hydrogen-bond donors (Lipinski definition) is 3. The van der Waals surface area contributed by atoms with Crippen LogP contribution in [0.2, 0.25) is 0 Å². The Kier molecular flexibility index (Phi) is 5.82.